The van der Waals surface area contributed by atoms with Gasteiger partial charge in [0.15, 0.2) is 0 Å². The van der Waals surface area contributed by atoms with Gasteiger partial charge in [0.25, 0.3) is 12.0 Å². The predicted molar refractivity (Wildman–Crippen MR) is 129 cm³/mol. The molecule has 0 radical (unpaired) electrons. The van der Waals surface area contributed by atoms with E-state index in [9.17, 15) is 26.0 Å². The monoisotopic (exact) mass is 556 g/mol. The average molecular weight is 557 g/mol. The van der Waals surface area contributed by atoms with Gasteiger partial charge in [0, 0.05) is 24.1 Å². The van der Waals surface area contributed by atoms with Crippen LogP contribution < -0.4 is 4.72 Å². The average Bonchev–Trinajstić information content (AvgIpc) is 3.34. The van der Waals surface area contributed by atoms with Gasteiger partial charge in [-0.15, -0.1) is 10.2 Å². The maximum absolute atomic E-state index is 13.9. The van der Waals surface area contributed by atoms with Gasteiger partial charge >= 0.3 is 5.92 Å². The van der Waals surface area contributed by atoms with Crippen LogP contribution in [0, 0.1) is 0 Å². The number of benzene rings is 1. The Morgan fingerprint density at radius 3 is 2.50 bits per heavy atom. The van der Waals surface area contributed by atoms with E-state index >= 15 is 0 Å². The van der Waals surface area contributed by atoms with Gasteiger partial charge in [-0.25, -0.2) is 13.1 Å². The van der Waals surface area contributed by atoms with Gasteiger partial charge in [-0.05, 0) is 74.8 Å². The fourth-order valence-corrected chi connectivity index (χ4v) is 6.07. The Kier molecular flexibility index (Phi) is 8.31. The zero-order chi connectivity index (χ0) is 27.5. The largest absolute Gasteiger partial charge is 0.332 e. The quantitative estimate of drug-likeness (QED) is 0.361. The number of rotatable bonds is 8. The summed E-state index contributed by atoms with van der Waals surface area (Å²) in [6.45, 7) is 3.56. The van der Waals surface area contributed by atoms with Crippen LogP contribution in [0.3, 0.4) is 0 Å². The van der Waals surface area contributed by atoms with E-state index in [1.807, 2.05) is 4.57 Å². The van der Waals surface area contributed by atoms with E-state index in [-0.39, 0.29) is 28.7 Å². The molecule has 5 rings (SSSR count). The van der Waals surface area contributed by atoms with E-state index in [1.54, 1.807) is 24.8 Å². The molecule has 0 unspecified atom stereocenters. The van der Waals surface area contributed by atoms with Crippen LogP contribution in [0.1, 0.15) is 75.3 Å². The minimum atomic E-state index is -3.78. The molecule has 0 spiro atoms. The minimum Gasteiger partial charge on any atom is -0.332 e. The molecule has 2 aliphatic carbocycles. The molecule has 2 aromatic heterocycles. The van der Waals surface area contributed by atoms with Gasteiger partial charge in [0.1, 0.15) is 12.7 Å². The first-order chi connectivity index (χ1) is 18.0. The van der Waals surface area contributed by atoms with Crippen molar-refractivity contribution >= 4 is 10.0 Å². The molecular weight excluding hydrogens is 528 g/mol. The number of sulfonamides is 1. The number of aromatic nitrogens is 5. The van der Waals surface area contributed by atoms with Crippen molar-refractivity contribution in [2.24, 2.45) is 0 Å². The second kappa shape index (κ2) is 11.3. The number of alkyl halides is 2. The summed E-state index contributed by atoms with van der Waals surface area (Å²) in [7, 11) is -3.78. The summed E-state index contributed by atoms with van der Waals surface area (Å²) in [5.41, 5.74) is 1.11. The molecule has 2 heterocycles. The number of nitrogens with one attached hydrogen (secondary N) is 1. The van der Waals surface area contributed by atoms with Crippen molar-refractivity contribution in [2.45, 2.75) is 80.7 Å². The Morgan fingerprint density at radius 2 is 1.87 bits per heavy atom. The second-order valence-electron chi connectivity index (χ2n) is 9.39. The van der Waals surface area contributed by atoms with Gasteiger partial charge in [-0.3, -0.25) is 0 Å². The normalized spacial score (nSPS) is 20.0. The summed E-state index contributed by atoms with van der Waals surface area (Å²) >= 11 is 0. The highest BCUT2D eigenvalue weighted by molar-refractivity contribution is 7.89. The van der Waals surface area contributed by atoms with Gasteiger partial charge in [-0.1, -0.05) is 12.1 Å². The van der Waals surface area contributed by atoms with Gasteiger partial charge < -0.3 is 9.09 Å². The molecule has 0 saturated heterocycles. The van der Waals surface area contributed by atoms with Crippen molar-refractivity contribution in [1.82, 2.24) is 29.6 Å². The molecule has 0 bridgehead atoms. The standard InChI is InChI=1S/C22H26F2N6O3S.C2H2F2/c1-2-22(23,24)21-27-20(28-33-21)15-8-9-19(18(10-15)14-6-7-14)34(31,32)29-16-4-3-5-17(11-16)30-12-25-26-13-30;1-2(3)4/h8-10,12-14,16-17,29H,2-7,11H2,1H3;1H2/t16-,17+;/m0./s1. The maximum Gasteiger partial charge on any atom is 0.324 e. The first-order valence-electron chi connectivity index (χ1n) is 12.2. The number of hydrogen-bond donors (Lipinski definition) is 1. The van der Waals surface area contributed by atoms with Crippen molar-refractivity contribution < 1.29 is 30.5 Å². The van der Waals surface area contributed by atoms with Crippen LogP contribution in [-0.2, 0) is 15.9 Å². The van der Waals surface area contributed by atoms with Crippen molar-refractivity contribution in [2.75, 3.05) is 0 Å². The zero-order valence-electron chi connectivity index (χ0n) is 20.7. The number of nitrogens with zero attached hydrogens (tertiary/aromatic N) is 5. The Hall–Kier alpha value is -3.13. The summed E-state index contributed by atoms with van der Waals surface area (Å²) in [6.07, 6.45) is 6.03. The molecule has 1 aromatic carbocycles. The third kappa shape index (κ3) is 6.65. The van der Waals surface area contributed by atoms with E-state index in [1.165, 1.54) is 13.0 Å². The number of hydrogen-bond acceptors (Lipinski definition) is 7. The van der Waals surface area contributed by atoms with Crippen molar-refractivity contribution in [3.8, 4) is 11.4 Å². The van der Waals surface area contributed by atoms with Crippen LogP contribution in [-0.4, -0.2) is 39.4 Å². The third-order valence-electron chi connectivity index (χ3n) is 6.58. The fourth-order valence-electron chi connectivity index (χ4n) is 4.51. The van der Waals surface area contributed by atoms with E-state index in [0.29, 0.717) is 17.5 Å². The highest BCUT2D eigenvalue weighted by Crippen LogP contribution is 2.44. The molecule has 2 atom stereocenters. The number of halogens is 4. The molecule has 2 aliphatic rings. The second-order valence-corrected chi connectivity index (χ2v) is 11.1. The molecule has 2 fully saturated rings. The highest BCUT2D eigenvalue weighted by Gasteiger charge is 2.37. The van der Waals surface area contributed by atoms with Gasteiger partial charge in [-0.2, -0.15) is 22.5 Å². The lowest BCUT2D eigenvalue weighted by molar-refractivity contribution is -0.0391. The summed E-state index contributed by atoms with van der Waals surface area (Å²) in [5.74, 6) is -3.82. The van der Waals surface area contributed by atoms with Crippen LogP contribution in [0.2, 0.25) is 0 Å². The van der Waals surface area contributed by atoms with E-state index in [2.05, 4.69) is 31.6 Å². The first kappa shape index (κ1) is 27.9. The molecule has 3 aromatic rings. The molecule has 14 heteroatoms. The smallest absolute Gasteiger partial charge is 0.324 e. The van der Waals surface area contributed by atoms with Crippen LogP contribution in [0.5, 0.6) is 0 Å². The van der Waals surface area contributed by atoms with Gasteiger partial charge in [0.2, 0.25) is 15.8 Å². The summed E-state index contributed by atoms with van der Waals surface area (Å²) < 4.78 is 84.4. The van der Waals surface area contributed by atoms with Crippen LogP contribution in [0.25, 0.3) is 11.4 Å². The maximum atomic E-state index is 13.9. The molecule has 9 nitrogen and oxygen atoms in total. The lowest BCUT2D eigenvalue weighted by atomic mass is 9.91. The molecule has 206 valence electrons. The Labute approximate surface area is 217 Å². The lowest BCUT2D eigenvalue weighted by Gasteiger charge is -2.30. The molecule has 0 amide bonds. The fraction of sp³-hybridized carbons (Fsp3) is 0.500. The van der Waals surface area contributed by atoms with E-state index in [0.717, 1.165) is 32.1 Å². The third-order valence-corrected chi connectivity index (χ3v) is 8.18. The summed E-state index contributed by atoms with van der Waals surface area (Å²) in [5, 5.41) is 11.4. The first-order valence-corrected chi connectivity index (χ1v) is 13.7. The Balaban J connectivity index is 0.000000786. The van der Waals surface area contributed by atoms with E-state index in [4.69, 9.17) is 4.52 Å². The van der Waals surface area contributed by atoms with Crippen LogP contribution in [0.4, 0.5) is 17.6 Å². The SMILES string of the molecule is C=C(F)F.CCC(F)(F)c1nc(-c2ccc(S(=O)(=O)N[C@H]3CCC[C@@H](n4cnnc4)C3)c(C3CC3)c2)no1. The molecule has 0 aliphatic heterocycles. The minimum absolute atomic E-state index is 0.0194. The molecule has 38 heavy (non-hydrogen) atoms. The molecule has 1 N–H and O–H groups in total. The van der Waals surface area contributed by atoms with E-state index < -0.39 is 34.3 Å². The molecule has 2 saturated carbocycles. The topological polar surface area (TPSA) is 116 Å². The Bertz CT molecular complexity index is 1360. The predicted octanol–water partition coefficient (Wildman–Crippen LogP) is 5.57. The van der Waals surface area contributed by atoms with Crippen molar-refractivity contribution in [3.05, 3.63) is 55.0 Å². The summed E-state index contributed by atoms with van der Waals surface area (Å²) in [4.78, 5) is 4.07. The Morgan fingerprint density at radius 1 is 1.18 bits per heavy atom. The molecular formula is C24H28F4N6O3S. The van der Waals surface area contributed by atoms with Gasteiger partial charge in [0.05, 0.1) is 4.90 Å². The van der Waals surface area contributed by atoms with Crippen molar-refractivity contribution in [3.63, 3.8) is 0 Å². The van der Waals surface area contributed by atoms with Crippen LogP contribution in [0.15, 0.2) is 52.9 Å². The highest BCUT2D eigenvalue weighted by atomic mass is 32.2. The lowest BCUT2D eigenvalue weighted by Crippen LogP contribution is -2.39. The zero-order valence-corrected chi connectivity index (χ0v) is 21.5. The summed E-state index contributed by atoms with van der Waals surface area (Å²) in [6, 6.07) is 4.69. The van der Waals surface area contributed by atoms with Crippen molar-refractivity contribution in [1.29, 1.82) is 0 Å². The van der Waals surface area contributed by atoms with Crippen LogP contribution >= 0.6 is 0 Å².